The van der Waals surface area contributed by atoms with Gasteiger partial charge in [0, 0.05) is 12.6 Å². The molecule has 39 heavy (non-hydrogen) atoms. The minimum absolute atomic E-state index is 0.0738. The van der Waals surface area contributed by atoms with Crippen molar-refractivity contribution in [1.82, 2.24) is 10.2 Å². The average molecular weight is 552 g/mol. The van der Waals surface area contributed by atoms with E-state index in [1.165, 1.54) is 17.0 Å². The summed E-state index contributed by atoms with van der Waals surface area (Å²) in [5, 5.41) is 2.85. The van der Waals surface area contributed by atoms with Gasteiger partial charge in [-0.1, -0.05) is 49.4 Å². The predicted molar refractivity (Wildman–Crippen MR) is 153 cm³/mol. The molecule has 0 aromatic heterocycles. The Balaban J connectivity index is 2.01. The molecular formula is C30H37N3O5S. The summed E-state index contributed by atoms with van der Waals surface area (Å²) in [6.07, 6.45) is 0.794. The molecule has 1 N–H and O–H groups in total. The Labute approximate surface area is 231 Å². The molecule has 0 heterocycles. The van der Waals surface area contributed by atoms with Crippen LogP contribution in [0.5, 0.6) is 5.75 Å². The van der Waals surface area contributed by atoms with Crippen LogP contribution in [0.4, 0.5) is 5.69 Å². The molecule has 8 nitrogen and oxygen atoms in total. The van der Waals surface area contributed by atoms with Crippen molar-refractivity contribution in [2.45, 2.75) is 57.6 Å². The Hall–Kier alpha value is -3.85. The van der Waals surface area contributed by atoms with Crippen LogP contribution in [0.1, 0.15) is 38.8 Å². The molecule has 0 radical (unpaired) electrons. The fraction of sp³-hybridized carbons (Fsp3) is 0.333. The van der Waals surface area contributed by atoms with Crippen molar-refractivity contribution in [2.75, 3.05) is 18.0 Å². The fourth-order valence-electron chi connectivity index (χ4n) is 4.06. The van der Waals surface area contributed by atoms with E-state index in [2.05, 4.69) is 5.32 Å². The van der Waals surface area contributed by atoms with Gasteiger partial charge in [0.05, 0.1) is 17.7 Å². The Morgan fingerprint density at radius 1 is 0.872 bits per heavy atom. The number of ether oxygens (including phenoxy) is 1. The fourth-order valence-corrected chi connectivity index (χ4v) is 5.50. The van der Waals surface area contributed by atoms with Gasteiger partial charge >= 0.3 is 0 Å². The Morgan fingerprint density at radius 2 is 1.46 bits per heavy atom. The zero-order valence-corrected chi connectivity index (χ0v) is 23.9. The van der Waals surface area contributed by atoms with Gasteiger partial charge in [0.2, 0.25) is 11.8 Å². The van der Waals surface area contributed by atoms with E-state index in [1.54, 1.807) is 56.5 Å². The monoisotopic (exact) mass is 551 g/mol. The van der Waals surface area contributed by atoms with Crippen LogP contribution in [0.2, 0.25) is 0 Å². The molecule has 0 aliphatic heterocycles. The number of hydrogen-bond donors (Lipinski definition) is 1. The quantitative estimate of drug-likeness (QED) is 0.360. The first-order valence-corrected chi connectivity index (χ1v) is 14.4. The summed E-state index contributed by atoms with van der Waals surface area (Å²) in [6.45, 7) is 6.98. The third-order valence-corrected chi connectivity index (χ3v) is 8.14. The summed E-state index contributed by atoms with van der Waals surface area (Å²) in [7, 11) is -2.51. The lowest BCUT2D eigenvalue weighted by atomic mass is 10.1. The predicted octanol–water partition coefficient (Wildman–Crippen LogP) is 4.39. The van der Waals surface area contributed by atoms with E-state index >= 15 is 0 Å². The Kier molecular flexibility index (Phi) is 10.1. The van der Waals surface area contributed by atoms with E-state index in [-0.39, 0.29) is 23.4 Å². The second kappa shape index (κ2) is 13.3. The molecule has 0 bridgehead atoms. The Bertz CT molecular complexity index is 1340. The largest absolute Gasteiger partial charge is 0.497 e. The van der Waals surface area contributed by atoms with E-state index in [9.17, 15) is 18.0 Å². The minimum Gasteiger partial charge on any atom is -0.497 e. The number of benzene rings is 3. The summed E-state index contributed by atoms with van der Waals surface area (Å²) in [5.74, 6) is -0.161. The summed E-state index contributed by atoms with van der Waals surface area (Å²) < 4.78 is 33.9. The number of nitrogens with one attached hydrogen (secondary N) is 1. The van der Waals surface area contributed by atoms with Crippen molar-refractivity contribution in [3.63, 3.8) is 0 Å². The number of hydrogen-bond acceptors (Lipinski definition) is 5. The van der Waals surface area contributed by atoms with Gasteiger partial charge in [-0.2, -0.15) is 0 Å². The first kappa shape index (κ1) is 29.7. The van der Waals surface area contributed by atoms with Gasteiger partial charge < -0.3 is 15.0 Å². The SMILES string of the molecule is CCc1ccc(N(CC(=O)N(Cc2ccc(OC)cc2)[C@@H](C)C(=O)NC(C)C)S(=O)(=O)c2ccccc2)cc1. The van der Waals surface area contributed by atoms with Gasteiger partial charge in [-0.3, -0.25) is 13.9 Å². The van der Waals surface area contributed by atoms with Crippen molar-refractivity contribution in [2.24, 2.45) is 0 Å². The molecule has 9 heteroatoms. The highest BCUT2D eigenvalue weighted by Crippen LogP contribution is 2.25. The highest BCUT2D eigenvalue weighted by atomic mass is 32.2. The van der Waals surface area contributed by atoms with E-state index in [0.717, 1.165) is 21.9 Å². The highest BCUT2D eigenvalue weighted by Gasteiger charge is 2.32. The lowest BCUT2D eigenvalue weighted by molar-refractivity contribution is -0.139. The van der Waals surface area contributed by atoms with Crippen LogP contribution >= 0.6 is 0 Å². The summed E-state index contributed by atoms with van der Waals surface area (Å²) in [4.78, 5) is 28.4. The summed E-state index contributed by atoms with van der Waals surface area (Å²) in [6, 6.07) is 21.3. The number of methoxy groups -OCH3 is 1. The van der Waals surface area contributed by atoms with Crippen LogP contribution in [0.15, 0.2) is 83.8 Å². The highest BCUT2D eigenvalue weighted by molar-refractivity contribution is 7.92. The second-order valence-corrected chi connectivity index (χ2v) is 11.4. The number of carbonyl (C=O) groups excluding carboxylic acids is 2. The van der Waals surface area contributed by atoms with Crippen molar-refractivity contribution in [3.05, 3.63) is 90.0 Å². The molecule has 1 atom stereocenters. The zero-order chi connectivity index (χ0) is 28.6. The lowest BCUT2D eigenvalue weighted by Crippen LogP contribution is -2.52. The van der Waals surface area contributed by atoms with Crippen LogP contribution in [0, 0.1) is 0 Å². The molecule has 208 valence electrons. The molecule has 0 spiro atoms. The maximum atomic E-state index is 13.9. The molecule has 0 unspecified atom stereocenters. The molecule has 2 amide bonds. The number of carbonyl (C=O) groups is 2. The molecule has 0 fully saturated rings. The van der Waals surface area contributed by atoms with E-state index < -0.39 is 28.5 Å². The van der Waals surface area contributed by atoms with Crippen molar-refractivity contribution in [3.8, 4) is 5.75 Å². The molecule has 0 aliphatic carbocycles. The second-order valence-electron chi connectivity index (χ2n) is 9.55. The molecule has 3 rings (SSSR count). The summed E-state index contributed by atoms with van der Waals surface area (Å²) in [5.41, 5.74) is 2.19. The van der Waals surface area contributed by atoms with Gasteiger partial charge in [-0.25, -0.2) is 8.42 Å². The topological polar surface area (TPSA) is 96.0 Å². The van der Waals surface area contributed by atoms with Crippen molar-refractivity contribution < 1.29 is 22.7 Å². The number of rotatable bonds is 12. The van der Waals surface area contributed by atoms with Gasteiger partial charge in [0.15, 0.2) is 0 Å². The maximum Gasteiger partial charge on any atom is 0.264 e. The smallest absolute Gasteiger partial charge is 0.264 e. The van der Waals surface area contributed by atoms with Gasteiger partial charge in [-0.05, 0) is 74.7 Å². The number of aryl methyl sites for hydroxylation is 1. The van der Waals surface area contributed by atoms with E-state index in [0.29, 0.717) is 11.4 Å². The lowest BCUT2D eigenvalue weighted by Gasteiger charge is -2.32. The minimum atomic E-state index is -4.08. The van der Waals surface area contributed by atoms with Crippen LogP contribution < -0.4 is 14.4 Å². The zero-order valence-electron chi connectivity index (χ0n) is 23.1. The molecule has 0 saturated carbocycles. The van der Waals surface area contributed by atoms with Crippen molar-refractivity contribution in [1.29, 1.82) is 0 Å². The maximum absolute atomic E-state index is 13.9. The molecular weight excluding hydrogens is 514 g/mol. The molecule has 3 aromatic carbocycles. The first-order chi connectivity index (χ1) is 18.6. The van der Waals surface area contributed by atoms with E-state index in [1.807, 2.05) is 45.0 Å². The van der Waals surface area contributed by atoms with Crippen LogP contribution in [0.3, 0.4) is 0 Å². The van der Waals surface area contributed by atoms with E-state index in [4.69, 9.17) is 4.74 Å². The van der Waals surface area contributed by atoms with Crippen molar-refractivity contribution >= 4 is 27.5 Å². The average Bonchev–Trinajstić information content (AvgIpc) is 2.94. The third kappa shape index (κ3) is 7.60. The van der Waals surface area contributed by atoms with Crippen LogP contribution in [-0.2, 0) is 32.6 Å². The van der Waals surface area contributed by atoms with Crippen LogP contribution in [-0.4, -0.2) is 50.9 Å². The molecule has 3 aromatic rings. The summed E-state index contributed by atoms with van der Waals surface area (Å²) >= 11 is 0. The standard InChI is InChI=1S/C30H37N3O5S/c1-6-24-12-16-26(17-13-24)33(39(36,37)28-10-8-7-9-11-28)21-29(34)32(23(4)30(35)31-22(2)3)20-25-14-18-27(38-5)19-15-25/h7-19,22-23H,6,20-21H2,1-5H3,(H,31,35)/t23-/m0/s1. The van der Waals surface area contributed by atoms with Gasteiger partial charge in [0.1, 0.15) is 18.3 Å². The van der Waals surface area contributed by atoms with Crippen LogP contribution in [0.25, 0.3) is 0 Å². The number of anilines is 1. The van der Waals surface area contributed by atoms with Gasteiger partial charge in [-0.15, -0.1) is 0 Å². The number of sulfonamides is 1. The number of nitrogens with zero attached hydrogens (tertiary/aromatic N) is 2. The molecule has 0 aliphatic rings. The third-order valence-electron chi connectivity index (χ3n) is 6.35. The normalized spacial score (nSPS) is 12.1. The number of amides is 2. The first-order valence-electron chi connectivity index (χ1n) is 13.0. The molecule has 0 saturated heterocycles. The van der Waals surface area contributed by atoms with Gasteiger partial charge in [0.25, 0.3) is 10.0 Å². The Morgan fingerprint density at radius 3 is 2.00 bits per heavy atom.